The number of aliphatic hydroxyl groups is 1. The van der Waals surface area contributed by atoms with Crippen molar-refractivity contribution in [2.45, 2.75) is 46.4 Å². The predicted octanol–water partition coefficient (Wildman–Crippen LogP) is 3.21. The quantitative estimate of drug-likeness (QED) is 0.257. The van der Waals surface area contributed by atoms with Gasteiger partial charge < -0.3 is 20.5 Å². The Hall–Kier alpha value is -1.81. The molecule has 0 aliphatic carbocycles. The van der Waals surface area contributed by atoms with Crippen molar-refractivity contribution in [1.82, 2.24) is 20.4 Å². The summed E-state index contributed by atoms with van der Waals surface area (Å²) < 4.78 is 7.55. The molecular weight excluding hydrogens is 481 g/mol. The first-order chi connectivity index (χ1) is 13.5. The predicted molar refractivity (Wildman–Crippen MR) is 128 cm³/mol. The highest BCUT2D eigenvalue weighted by atomic mass is 127. The Bertz CT molecular complexity index is 704. The Morgan fingerprint density at radius 2 is 1.93 bits per heavy atom. The number of nitrogens with one attached hydrogen (secondary N) is 2. The molecule has 8 heteroatoms. The van der Waals surface area contributed by atoms with Crippen LogP contribution in [0.4, 0.5) is 0 Å². The van der Waals surface area contributed by atoms with E-state index in [4.69, 9.17) is 4.74 Å². The van der Waals surface area contributed by atoms with E-state index in [2.05, 4.69) is 27.6 Å². The molecule has 3 N–H and O–H groups in total. The van der Waals surface area contributed by atoms with Crippen LogP contribution in [0.25, 0.3) is 0 Å². The van der Waals surface area contributed by atoms with Crippen molar-refractivity contribution in [2.24, 2.45) is 10.9 Å². The maximum absolute atomic E-state index is 10.5. The summed E-state index contributed by atoms with van der Waals surface area (Å²) in [6.45, 7) is 10.8. The van der Waals surface area contributed by atoms with Gasteiger partial charge in [-0.05, 0) is 50.5 Å². The summed E-state index contributed by atoms with van der Waals surface area (Å²) in [6.07, 6.45) is 3.24. The Kier molecular flexibility index (Phi) is 11.7. The van der Waals surface area contributed by atoms with Crippen molar-refractivity contribution in [3.8, 4) is 5.75 Å². The Labute approximate surface area is 191 Å². The lowest BCUT2D eigenvalue weighted by Gasteiger charge is -2.17. The summed E-state index contributed by atoms with van der Waals surface area (Å²) >= 11 is 0. The number of aliphatic hydroxyl groups excluding tert-OH is 1. The van der Waals surface area contributed by atoms with E-state index in [0.29, 0.717) is 25.0 Å². The van der Waals surface area contributed by atoms with Crippen molar-refractivity contribution >= 4 is 29.9 Å². The lowest BCUT2D eigenvalue weighted by atomic mass is 10.1. The average molecular weight is 515 g/mol. The lowest BCUT2D eigenvalue weighted by Crippen LogP contribution is -2.39. The third-order valence-electron chi connectivity index (χ3n) is 4.06. The molecule has 2 atom stereocenters. The molecule has 0 saturated carbocycles. The first-order valence-corrected chi connectivity index (χ1v) is 9.92. The Balaban J connectivity index is 0.00000420. The highest BCUT2D eigenvalue weighted by Crippen LogP contribution is 2.18. The van der Waals surface area contributed by atoms with E-state index in [-0.39, 0.29) is 30.1 Å². The highest BCUT2D eigenvalue weighted by Gasteiger charge is 2.10. The topological polar surface area (TPSA) is 83.7 Å². The molecule has 1 heterocycles. The van der Waals surface area contributed by atoms with Crippen LogP contribution < -0.4 is 15.4 Å². The van der Waals surface area contributed by atoms with Gasteiger partial charge in [-0.2, -0.15) is 5.10 Å². The second kappa shape index (κ2) is 13.4. The lowest BCUT2D eigenvalue weighted by molar-refractivity contribution is 0.180. The van der Waals surface area contributed by atoms with Gasteiger partial charge in [0.1, 0.15) is 5.75 Å². The van der Waals surface area contributed by atoms with E-state index in [1.807, 2.05) is 62.0 Å². The third kappa shape index (κ3) is 9.49. The summed E-state index contributed by atoms with van der Waals surface area (Å²) in [6, 6.07) is 9.47. The van der Waals surface area contributed by atoms with Gasteiger partial charge in [0, 0.05) is 38.6 Å². The molecule has 162 valence electrons. The standard InChI is InChI=1S/C21H33N5O2.HI/c1-5-22-21(23-13-17(4)15-26-12-6-11-25-26)24-14-20(27)18-7-9-19(10-8-18)28-16(2)3;/h6-12,16-17,20,27H,5,13-15H2,1-4H3,(H2,22,23,24);1H. The Morgan fingerprint density at radius 1 is 1.21 bits per heavy atom. The molecule has 2 unspecified atom stereocenters. The fraction of sp³-hybridized carbons (Fsp3) is 0.524. The minimum Gasteiger partial charge on any atom is -0.491 e. The van der Waals surface area contributed by atoms with Crippen LogP contribution in [0.2, 0.25) is 0 Å². The molecule has 0 aliphatic heterocycles. The minimum atomic E-state index is -0.626. The number of hydrogen-bond donors (Lipinski definition) is 3. The summed E-state index contributed by atoms with van der Waals surface area (Å²) in [5.41, 5.74) is 0.839. The zero-order chi connectivity index (χ0) is 20.4. The van der Waals surface area contributed by atoms with Crippen molar-refractivity contribution in [1.29, 1.82) is 0 Å². The first kappa shape index (κ1) is 25.2. The SMILES string of the molecule is CCNC(=NCC(C)Cn1cccn1)NCC(O)c1ccc(OC(C)C)cc1.I. The zero-order valence-corrected chi connectivity index (χ0v) is 20.0. The number of aliphatic imine (C=N–C) groups is 1. The van der Waals surface area contributed by atoms with Crippen molar-refractivity contribution in [3.63, 3.8) is 0 Å². The highest BCUT2D eigenvalue weighted by molar-refractivity contribution is 14.0. The van der Waals surface area contributed by atoms with Crippen molar-refractivity contribution in [2.75, 3.05) is 19.6 Å². The second-order valence-electron chi connectivity index (χ2n) is 7.19. The smallest absolute Gasteiger partial charge is 0.191 e. The largest absolute Gasteiger partial charge is 0.491 e. The molecule has 0 bridgehead atoms. The van der Waals surface area contributed by atoms with E-state index in [0.717, 1.165) is 24.4 Å². The number of ether oxygens (including phenoxy) is 1. The fourth-order valence-electron chi connectivity index (χ4n) is 2.73. The number of nitrogens with zero attached hydrogens (tertiary/aromatic N) is 3. The number of benzene rings is 1. The van der Waals surface area contributed by atoms with E-state index in [1.165, 1.54) is 0 Å². The maximum atomic E-state index is 10.5. The molecule has 0 saturated heterocycles. The molecular formula is C21H34IN5O2. The molecule has 0 aliphatic rings. The molecule has 7 nitrogen and oxygen atoms in total. The molecule has 0 spiro atoms. The van der Waals surface area contributed by atoms with Gasteiger partial charge in [0.05, 0.1) is 12.2 Å². The zero-order valence-electron chi connectivity index (χ0n) is 17.7. The summed E-state index contributed by atoms with van der Waals surface area (Å²) in [5, 5.41) is 21.1. The van der Waals surface area contributed by atoms with Crippen LogP contribution in [0.3, 0.4) is 0 Å². The number of hydrogen-bond acceptors (Lipinski definition) is 4. The molecule has 29 heavy (non-hydrogen) atoms. The minimum absolute atomic E-state index is 0. The molecule has 0 fully saturated rings. The van der Waals surface area contributed by atoms with Gasteiger partial charge in [0.2, 0.25) is 0 Å². The third-order valence-corrected chi connectivity index (χ3v) is 4.06. The van der Waals surface area contributed by atoms with Crippen LogP contribution in [0.1, 0.15) is 39.4 Å². The molecule has 2 rings (SSSR count). The van der Waals surface area contributed by atoms with Crippen LogP contribution in [-0.4, -0.2) is 46.6 Å². The molecule has 0 radical (unpaired) electrons. The van der Waals surface area contributed by atoms with Crippen LogP contribution in [0.15, 0.2) is 47.7 Å². The molecule has 0 amide bonds. The van der Waals surface area contributed by atoms with Gasteiger partial charge in [0.25, 0.3) is 0 Å². The van der Waals surface area contributed by atoms with Crippen LogP contribution in [-0.2, 0) is 6.54 Å². The fourth-order valence-corrected chi connectivity index (χ4v) is 2.73. The maximum Gasteiger partial charge on any atom is 0.191 e. The molecule has 2 aromatic rings. The average Bonchev–Trinajstić information content (AvgIpc) is 3.17. The second-order valence-corrected chi connectivity index (χ2v) is 7.19. The molecule has 1 aromatic carbocycles. The van der Waals surface area contributed by atoms with Gasteiger partial charge in [0.15, 0.2) is 5.96 Å². The van der Waals surface area contributed by atoms with Crippen LogP contribution >= 0.6 is 24.0 Å². The van der Waals surface area contributed by atoms with Gasteiger partial charge in [-0.1, -0.05) is 19.1 Å². The van der Waals surface area contributed by atoms with Crippen molar-refractivity contribution in [3.05, 3.63) is 48.3 Å². The van der Waals surface area contributed by atoms with Gasteiger partial charge >= 0.3 is 0 Å². The number of aromatic nitrogens is 2. The number of guanidine groups is 1. The van der Waals surface area contributed by atoms with Gasteiger partial charge in [-0.25, -0.2) is 0 Å². The van der Waals surface area contributed by atoms with E-state index >= 15 is 0 Å². The van der Waals surface area contributed by atoms with Crippen molar-refractivity contribution < 1.29 is 9.84 Å². The number of rotatable bonds is 10. The van der Waals surface area contributed by atoms with Crippen LogP contribution in [0.5, 0.6) is 5.75 Å². The molecule has 1 aromatic heterocycles. The summed E-state index contributed by atoms with van der Waals surface area (Å²) in [7, 11) is 0. The van der Waals surface area contributed by atoms with Gasteiger partial charge in [-0.15, -0.1) is 24.0 Å². The van der Waals surface area contributed by atoms with E-state index in [1.54, 1.807) is 6.20 Å². The normalized spacial score (nSPS) is 13.5. The monoisotopic (exact) mass is 515 g/mol. The van der Waals surface area contributed by atoms with Gasteiger partial charge in [-0.3, -0.25) is 9.67 Å². The van der Waals surface area contributed by atoms with Crippen LogP contribution in [0, 0.1) is 5.92 Å². The summed E-state index contributed by atoms with van der Waals surface area (Å²) in [5.74, 6) is 1.86. The number of halogens is 1. The van der Waals surface area contributed by atoms with E-state index in [9.17, 15) is 5.11 Å². The summed E-state index contributed by atoms with van der Waals surface area (Å²) in [4.78, 5) is 4.63. The van der Waals surface area contributed by atoms with E-state index < -0.39 is 6.10 Å². The Morgan fingerprint density at radius 3 is 2.52 bits per heavy atom. The first-order valence-electron chi connectivity index (χ1n) is 9.92.